The summed E-state index contributed by atoms with van der Waals surface area (Å²) in [5.41, 5.74) is 1.76. The molecule has 0 fully saturated rings. The maximum Gasteiger partial charge on any atom is 0.314 e. The van der Waals surface area contributed by atoms with E-state index in [0.717, 1.165) is 11.1 Å². The van der Waals surface area contributed by atoms with Crippen LogP contribution in [0.5, 0.6) is 0 Å². The second kappa shape index (κ2) is 8.86. The van der Waals surface area contributed by atoms with Crippen molar-refractivity contribution < 1.29 is 14.6 Å². The highest BCUT2D eigenvalue weighted by Gasteiger charge is 2.42. The zero-order valence-electron chi connectivity index (χ0n) is 14.2. The van der Waals surface area contributed by atoms with E-state index in [1.54, 1.807) is 0 Å². The monoisotopic (exact) mass is 359 g/mol. The molecule has 4 N–H and O–H groups in total. The summed E-state index contributed by atoms with van der Waals surface area (Å²) in [6, 6.07) is 19.0. The molecule has 25 heavy (non-hydrogen) atoms. The molecule has 2 aromatic carbocycles. The Morgan fingerprint density at radius 2 is 1.56 bits per heavy atom. The van der Waals surface area contributed by atoms with Gasteiger partial charge in [0.1, 0.15) is 6.16 Å². The number of hydrogen-bond donors (Lipinski definition) is 4. The third-order valence-electron chi connectivity index (χ3n) is 4.02. The van der Waals surface area contributed by atoms with Gasteiger partial charge in [0.25, 0.3) is 0 Å². The Hall–Kier alpha value is -2.07. The lowest BCUT2D eigenvalue weighted by molar-refractivity contribution is -0.124. The van der Waals surface area contributed by atoms with Crippen LogP contribution in [-0.4, -0.2) is 27.3 Å². The summed E-state index contributed by atoms with van der Waals surface area (Å²) in [7, 11) is -3.53. The Morgan fingerprint density at radius 1 is 1.04 bits per heavy atom. The predicted molar refractivity (Wildman–Crippen MR) is 102 cm³/mol. The Labute approximate surface area is 148 Å². The van der Waals surface area contributed by atoms with Gasteiger partial charge in [0, 0.05) is 13.5 Å². The highest BCUT2D eigenvalue weighted by molar-refractivity contribution is 7.81. The zero-order valence-corrected chi connectivity index (χ0v) is 15.1. The van der Waals surface area contributed by atoms with Gasteiger partial charge in [0.05, 0.1) is 5.92 Å². The molecule has 0 aromatic heterocycles. The lowest BCUT2D eigenvalue weighted by Gasteiger charge is -2.19. The van der Waals surface area contributed by atoms with Gasteiger partial charge in [-0.05, 0) is 17.5 Å². The van der Waals surface area contributed by atoms with Crippen LogP contribution in [0.15, 0.2) is 60.7 Å². The number of carbonyl (C=O) groups excluding carboxylic acids is 1. The molecule has 2 aromatic rings. The summed E-state index contributed by atoms with van der Waals surface area (Å²) >= 11 is 0. The van der Waals surface area contributed by atoms with Crippen LogP contribution < -0.4 is 5.32 Å². The molecule has 2 rings (SSSR count). The van der Waals surface area contributed by atoms with Crippen molar-refractivity contribution in [3.05, 3.63) is 71.8 Å². The molecule has 1 amide bonds. The second-order valence-electron chi connectivity index (χ2n) is 6.09. The molecule has 1 unspecified atom stereocenters. The first-order valence-electron chi connectivity index (χ1n) is 8.13. The lowest BCUT2D eigenvalue weighted by atomic mass is 10.00. The van der Waals surface area contributed by atoms with Gasteiger partial charge < -0.3 is 5.32 Å². The maximum absolute atomic E-state index is 12.6. The van der Waals surface area contributed by atoms with Crippen molar-refractivity contribution >= 4 is 19.1 Å². The van der Waals surface area contributed by atoms with E-state index in [1.807, 2.05) is 60.7 Å². The third-order valence-corrected chi connectivity index (χ3v) is 6.04. The summed E-state index contributed by atoms with van der Waals surface area (Å²) in [6.07, 6.45) is 0.287. The Morgan fingerprint density at radius 3 is 2.08 bits per heavy atom. The molecule has 0 aliphatic heterocycles. The molecule has 0 radical (unpaired) electrons. The van der Waals surface area contributed by atoms with E-state index in [1.165, 1.54) is 6.92 Å². The summed E-state index contributed by atoms with van der Waals surface area (Å²) in [5, 5.41) is 10.4. The van der Waals surface area contributed by atoms with Crippen molar-refractivity contribution in [3.63, 3.8) is 0 Å². The van der Waals surface area contributed by atoms with Crippen molar-refractivity contribution in [1.82, 2.24) is 5.32 Å². The SMILES string of the molecule is CC(=N)[P+](O)(O)CC(Cc1ccccc1)C(=O)NCc1ccccc1. The van der Waals surface area contributed by atoms with Crippen LogP contribution in [-0.2, 0) is 17.8 Å². The van der Waals surface area contributed by atoms with E-state index in [2.05, 4.69) is 5.32 Å². The molecule has 0 bridgehead atoms. The van der Waals surface area contributed by atoms with Gasteiger partial charge >= 0.3 is 7.72 Å². The first-order chi connectivity index (χ1) is 11.9. The minimum atomic E-state index is -3.53. The molecule has 1 atom stereocenters. The molecule has 0 aliphatic rings. The van der Waals surface area contributed by atoms with Crippen LogP contribution in [0, 0.1) is 11.3 Å². The molecular weight excluding hydrogens is 335 g/mol. The van der Waals surface area contributed by atoms with E-state index < -0.39 is 13.6 Å². The smallest absolute Gasteiger partial charge is 0.314 e. The van der Waals surface area contributed by atoms with Crippen LogP contribution in [0.2, 0.25) is 0 Å². The minimum Gasteiger partial charge on any atom is -0.352 e. The maximum atomic E-state index is 12.6. The molecule has 0 aliphatic carbocycles. The largest absolute Gasteiger partial charge is 0.352 e. The molecule has 0 heterocycles. The Kier molecular flexibility index (Phi) is 6.82. The van der Waals surface area contributed by atoms with E-state index in [-0.39, 0.29) is 17.5 Å². The van der Waals surface area contributed by atoms with Crippen LogP contribution in [0.3, 0.4) is 0 Å². The fourth-order valence-corrected chi connectivity index (χ4v) is 3.70. The van der Waals surface area contributed by atoms with Gasteiger partial charge in [-0.1, -0.05) is 60.7 Å². The van der Waals surface area contributed by atoms with Crippen molar-refractivity contribution in [2.45, 2.75) is 19.9 Å². The zero-order chi connectivity index (χ0) is 18.3. The van der Waals surface area contributed by atoms with Crippen molar-refractivity contribution in [2.75, 3.05) is 6.16 Å². The fraction of sp³-hybridized carbons (Fsp3) is 0.263. The average molecular weight is 359 g/mol. The molecule has 0 spiro atoms. The molecule has 0 saturated heterocycles. The van der Waals surface area contributed by atoms with E-state index >= 15 is 0 Å². The van der Waals surface area contributed by atoms with Gasteiger partial charge in [-0.25, -0.2) is 9.79 Å². The van der Waals surface area contributed by atoms with Crippen LogP contribution in [0.25, 0.3) is 0 Å². The molecule has 0 saturated carbocycles. The first kappa shape index (κ1) is 19.3. The van der Waals surface area contributed by atoms with Gasteiger partial charge in [-0.15, -0.1) is 0 Å². The molecular formula is C19H24N2O3P+. The van der Waals surface area contributed by atoms with Gasteiger partial charge in [-0.2, -0.15) is 0 Å². The summed E-state index contributed by atoms with van der Waals surface area (Å²) in [5.74, 6) is -0.837. The van der Waals surface area contributed by atoms with E-state index in [9.17, 15) is 14.6 Å². The molecule has 6 heteroatoms. The Bertz CT molecular complexity index is 705. The molecule has 5 nitrogen and oxygen atoms in total. The summed E-state index contributed by atoms with van der Waals surface area (Å²) in [6.45, 7) is 1.76. The standard InChI is InChI=1S/C19H23N2O3P/c1-15(20)25(23,24)14-18(12-16-8-4-2-5-9-16)19(22)21-13-17-10-6-3-7-11-17/h2-11,18,20,23-24H,12-14H2,1H3/p+1. The van der Waals surface area contributed by atoms with Crippen LogP contribution >= 0.6 is 7.72 Å². The molecule has 132 valence electrons. The van der Waals surface area contributed by atoms with Crippen LogP contribution in [0.4, 0.5) is 0 Å². The van der Waals surface area contributed by atoms with E-state index in [0.29, 0.717) is 13.0 Å². The predicted octanol–water partition coefficient (Wildman–Crippen LogP) is 2.99. The number of amides is 1. The summed E-state index contributed by atoms with van der Waals surface area (Å²) < 4.78 is 0. The fourth-order valence-electron chi connectivity index (χ4n) is 2.51. The number of hydrogen-bond acceptors (Lipinski definition) is 4. The van der Waals surface area contributed by atoms with Gasteiger partial charge in [0.2, 0.25) is 11.4 Å². The van der Waals surface area contributed by atoms with Crippen LogP contribution in [0.1, 0.15) is 18.1 Å². The third kappa shape index (κ3) is 6.05. The average Bonchev–Trinajstić information content (AvgIpc) is 2.60. The topological polar surface area (TPSA) is 93.4 Å². The van der Waals surface area contributed by atoms with Crippen molar-refractivity contribution in [3.8, 4) is 0 Å². The second-order valence-corrected chi connectivity index (χ2v) is 8.59. The number of benzene rings is 2. The van der Waals surface area contributed by atoms with Crippen molar-refractivity contribution in [2.24, 2.45) is 5.92 Å². The van der Waals surface area contributed by atoms with Gasteiger partial charge in [-0.3, -0.25) is 10.2 Å². The highest BCUT2D eigenvalue weighted by Crippen LogP contribution is 2.52. The normalized spacial score (nSPS) is 12.4. The number of rotatable bonds is 8. The lowest BCUT2D eigenvalue weighted by Crippen LogP contribution is -2.34. The Balaban J connectivity index is 2.09. The summed E-state index contributed by atoms with van der Waals surface area (Å²) in [4.78, 5) is 32.9. The van der Waals surface area contributed by atoms with Crippen molar-refractivity contribution in [1.29, 1.82) is 5.41 Å². The highest BCUT2D eigenvalue weighted by atomic mass is 31.2. The quantitative estimate of drug-likeness (QED) is 0.431. The minimum absolute atomic E-state index is 0.113. The first-order valence-corrected chi connectivity index (χ1v) is 10.0. The number of nitrogens with one attached hydrogen (secondary N) is 2. The number of carbonyl (C=O) groups is 1. The van der Waals surface area contributed by atoms with Gasteiger partial charge in [0.15, 0.2) is 0 Å². The van der Waals surface area contributed by atoms with E-state index in [4.69, 9.17) is 5.41 Å².